The Labute approximate surface area is 201 Å². The Balaban J connectivity index is 1.18. The van der Waals surface area contributed by atoms with Gasteiger partial charge in [0.2, 0.25) is 12.7 Å². The molecule has 5 rings (SSSR count). The van der Waals surface area contributed by atoms with Crippen molar-refractivity contribution >= 4 is 5.91 Å². The largest absolute Gasteiger partial charge is 0.454 e. The summed E-state index contributed by atoms with van der Waals surface area (Å²) in [5.41, 5.74) is 3.39. The molecular formula is C28H31N3O3. The molecule has 0 bridgehead atoms. The van der Waals surface area contributed by atoms with Crippen molar-refractivity contribution in [3.63, 3.8) is 0 Å². The van der Waals surface area contributed by atoms with Gasteiger partial charge in [-0.05, 0) is 35.7 Å². The first kappa shape index (κ1) is 22.4. The molecule has 2 heterocycles. The molecule has 3 aromatic carbocycles. The van der Waals surface area contributed by atoms with Crippen molar-refractivity contribution in [3.05, 3.63) is 95.6 Å². The molecule has 0 spiro atoms. The van der Waals surface area contributed by atoms with E-state index in [0.717, 1.165) is 55.3 Å². The van der Waals surface area contributed by atoms with Crippen LogP contribution >= 0.6 is 0 Å². The van der Waals surface area contributed by atoms with Gasteiger partial charge in [0.05, 0.1) is 12.1 Å². The molecule has 1 fully saturated rings. The highest BCUT2D eigenvalue weighted by Gasteiger charge is 2.28. The smallest absolute Gasteiger partial charge is 0.237 e. The number of hydrogen-bond donors (Lipinski definition) is 1. The molecular weight excluding hydrogens is 426 g/mol. The predicted molar refractivity (Wildman–Crippen MR) is 132 cm³/mol. The number of carbonyl (C=O) groups excluding carboxylic acids is 1. The van der Waals surface area contributed by atoms with Crippen molar-refractivity contribution in [1.82, 2.24) is 15.1 Å². The average molecular weight is 458 g/mol. The van der Waals surface area contributed by atoms with Gasteiger partial charge in [-0.15, -0.1) is 0 Å². The second-order valence-corrected chi connectivity index (χ2v) is 8.94. The van der Waals surface area contributed by atoms with Gasteiger partial charge >= 0.3 is 0 Å². The van der Waals surface area contributed by atoms with Gasteiger partial charge in [0, 0.05) is 32.7 Å². The van der Waals surface area contributed by atoms with E-state index in [1.807, 2.05) is 49.4 Å². The van der Waals surface area contributed by atoms with Gasteiger partial charge in [0.25, 0.3) is 0 Å². The molecule has 1 N–H and O–H groups in total. The van der Waals surface area contributed by atoms with Crippen molar-refractivity contribution in [3.8, 4) is 11.5 Å². The first-order valence-corrected chi connectivity index (χ1v) is 11.9. The van der Waals surface area contributed by atoms with Gasteiger partial charge in [-0.25, -0.2) is 0 Å². The molecule has 1 saturated heterocycles. The van der Waals surface area contributed by atoms with Crippen LogP contribution in [0.2, 0.25) is 0 Å². The Bertz CT molecular complexity index is 1060. The lowest BCUT2D eigenvalue weighted by molar-refractivity contribution is -0.127. The van der Waals surface area contributed by atoms with E-state index in [9.17, 15) is 4.79 Å². The van der Waals surface area contributed by atoms with E-state index in [2.05, 4.69) is 51.5 Å². The Morgan fingerprint density at radius 3 is 2.12 bits per heavy atom. The lowest BCUT2D eigenvalue weighted by Crippen LogP contribution is -2.54. The van der Waals surface area contributed by atoms with E-state index in [4.69, 9.17) is 9.47 Å². The highest BCUT2D eigenvalue weighted by molar-refractivity contribution is 5.82. The van der Waals surface area contributed by atoms with E-state index < -0.39 is 0 Å². The van der Waals surface area contributed by atoms with E-state index in [1.54, 1.807) is 0 Å². The zero-order chi connectivity index (χ0) is 23.3. The number of hydrogen-bond acceptors (Lipinski definition) is 5. The summed E-state index contributed by atoms with van der Waals surface area (Å²) in [7, 11) is 0. The highest BCUT2D eigenvalue weighted by Crippen LogP contribution is 2.33. The summed E-state index contributed by atoms with van der Waals surface area (Å²) in [5.74, 6) is 1.70. The predicted octanol–water partition coefficient (Wildman–Crippen LogP) is 3.83. The number of piperazine rings is 1. The molecule has 0 unspecified atom stereocenters. The summed E-state index contributed by atoms with van der Waals surface area (Å²) < 4.78 is 10.9. The molecule has 0 aliphatic carbocycles. The van der Waals surface area contributed by atoms with Gasteiger partial charge < -0.3 is 14.8 Å². The number of amides is 1. The number of benzene rings is 3. The minimum atomic E-state index is -0.192. The maximum absolute atomic E-state index is 13.3. The molecule has 1 amide bonds. The van der Waals surface area contributed by atoms with Crippen LogP contribution in [0.1, 0.15) is 29.7 Å². The van der Waals surface area contributed by atoms with E-state index in [0.29, 0.717) is 6.79 Å². The number of rotatable bonds is 7. The average Bonchev–Trinajstić information content (AvgIpc) is 3.36. The Kier molecular flexibility index (Phi) is 6.79. The molecule has 6 heteroatoms. The molecule has 2 aliphatic heterocycles. The topological polar surface area (TPSA) is 54.0 Å². The summed E-state index contributed by atoms with van der Waals surface area (Å²) in [4.78, 5) is 18.0. The fourth-order valence-electron chi connectivity index (χ4n) is 4.69. The third kappa shape index (κ3) is 5.08. The van der Waals surface area contributed by atoms with Gasteiger partial charge in [0.15, 0.2) is 11.5 Å². The maximum atomic E-state index is 13.3. The second-order valence-electron chi connectivity index (χ2n) is 8.94. The third-order valence-corrected chi connectivity index (χ3v) is 6.73. The monoisotopic (exact) mass is 457 g/mol. The van der Waals surface area contributed by atoms with Gasteiger partial charge in [-0.3, -0.25) is 14.6 Å². The lowest BCUT2D eigenvalue weighted by Gasteiger charge is -2.38. The number of fused-ring (bicyclic) bond motifs is 1. The molecule has 2 aliphatic rings. The minimum Gasteiger partial charge on any atom is -0.454 e. The highest BCUT2D eigenvalue weighted by atomic mass is 16.7. The van der Waals surface area contributed by atoms with Crippen LogP contribution in [0.3, 0.4) is 0 Å². The molecule has 176 valence electrons. The molecule has 0 aromatic heterocycles. The summed E-state index contributed by atoms with van der Waals surface area (Å²) in [6.45, 7) is 6.75. The van der Waals surface area contributed by atoms with Gasteiger partial charge in [-0.2, -0.15) is 0 Å². The fourth-order valence-corrected chi connectivity index (χ4v) is 4.69. The number of nitrogens with zero attached hydrogens (tertiary/aromatic N) is 2. The SMILES string of the molecule is C[C@H](C(=O)NC(c1ccccc1)c1ccccc1)N1CCN(Cc2ccc3c(c2)OCO3)CC1. The number of ether oxygens (including phenoxy) is 2. The third-order valence-electron chi connectivity index (χ3n) is 6.73. The molecule has 0 saturated carbocycles. The van der Waals surface area contributed by atoms with Crippen molar-refractivity contribution < 1.29 is 14.3 Å². The summed E-state index contributed by atoms with van der Waals surface area (Å²) in [5, 5.41) is 3.30. The summed E-state index contributed by atoms with van der Waals surface area (Å²) in [6.07, 6.45) is 0. The van der Waals surface area contributed by atoms with Crippen LogP contribution in [-0.4, -0.2) is 54.7 Å². The van der Waals surface area contributed by atoms with E-state index in [-0.39, 0.29) is 18.0 Å². The van der Waals surface area contributed by atoms with E-state index >= 15 is 0 Å². The quantitative estimate of drug-likeness (QED) is 0.585. The molecule has 34 heavy (non-hydrogen) atoms. The first-order valence-electron chi connectivity index (χ1n) is 11.9. The zero-order valence-corrected chi connectivity index (χ0v) is 19.5. The minimum absolute atomic E-state index is 0.0573. The first-order chi connectivity index (χ1) is 16.7. The number of carbonyl (C=O) groups is 1. The van der Waals surface area contributed by atoms with Crippen LogP contribution in [0.5, 0.6) is 11.5 Å². The van der Waals surface area contributed by atoms with Crippen molar-refractivity contribution in [2.24, 2.45) is 0 Å². The Morgan fingerprint density at radius 1 is 0.853 bits per heavy atom. The fraction of sp³-hybridized carbons (Fsp3) is 0.321. The van der Waals surface area contributed by atoms with Crippen molar-refractivity contribution in [2.45, 2.75) is 25.6 Å². The van der Waals surface area contributed by atoms with Gasteiger partial charge in [-0.1, -0.05) is 66.7 Å². The standard InChI is InChI=1S/C28H31N3O3/c1-21(28(32)29-27(23-8-4-2-5-9-23)24-10-6-3-7-11-24)31-16-14-30(15-17-31)19-22-12-13-25-26(18-22)34-20-33-25/h2-13,18,21,27H,14-17,19-20H2,1H3,(H,29,32)/t21-/m1/s1. The second kappa shape index (κ2) is 10.3. The van der Waals surface area contributed by atoms with Crippen LogP contribution < -0.4 is 14.8 Å². The lowest BCUT2D eigenvalue weighted by atomic mass is 9.98. The Hall–Kier alpha value is -3.35. The van der Waals surface area contributed by atoms with Crippen LogP contribution in [0.15, 0.2) is 78.9 Å². The zero-order valence-electron chi connectivity index (χ0n) is 19.5. The number of nitrogens with one attached hydrogen (secondary N) is 1. The normalized spacial score (nSPS) is 17.0. The molecule has 1 atom stereocenters. The molecule has 3 aromatic rings. The van der Waals surface area contributed by atoms with Crippen LogP contribution in [0.25, 0.3) is 0 Å². The Morgan fingerprint density at radius 2 is 1.47 bits per heavy atom. The van der Waals surface area contributed by atoms with Crippen LogP contribution in [0.4, 0.5) is 0 Å². The summed E-state index contributed by atoms with van der Waals surface area (Å²) in [6, 6.07) is 26.1. The molecule has 0 radical (unpaired) electrons. The summed E-state index contributed by atoms with van der Waals surface area (Å²) >= 11 is 0. The van der Waals surface area contributed by atoms with Crippen LogP contribution in [-0.2, 0) is 11.3 Å². The molecule has 6 nitrogen and oxygen atoms in total. The van der Waals surface area contributed by atoms with Crippen molar-refractivity contribution in [1.29, 1.82) is 0 Å². The van der Waals surface area contributed by atoms with E-state index in [1.165, 1.54) is 5.56 Å². The maximum Gasteiger partial charge on any atom is 0.237 e. The van der Waals surface area contributed by atoms with Gasteiger partial charge in [0.1, 0.15) is 0 Å². The van der Waals surface area contributed by atoms with Crippen LogP contribution in [0, 0.1) is 0 Å². The van der Waals surface area contributed by atoms with Crippen molar-refractivity contribution in [2.75, 3.05) is 33.0 Å².